The smallest absolute Gasteiger partial charge is 0.413 e. The summed E-state index contributed by atoms with van der Waals surface area (Å²) < 4.78 is 13.5. The molecule has 0 radical (unpaired) electrons. The van der Waals surface area contributed by atoms with Crippen LogP contribution in [0, 0.1) is 0 Å². The van der Waals surface area contributed by atoms with Gasteiger partial charge in [-0.2, -0.15) is 4.37 Å². The zero-order valence-corrected chi connectivity index (χ0v) is 12.1. The summed E-state index contributed by atoms with van der Waals surface area (Å²) in [5.41, 5.74) is 0.885. The van der Waals surface area contributed by atoms with Gasteiger partial charge in [0.15, 0.2) is 5.82 Å². The molecule has 1 aromatic carbocycles. The Hall–Kier alpha value is -2.48. The Labute approximate surface area is 125 Å². The van der Waals surface area contributed by atoms with E-state index in [1.165, 1.54) is 7.11 Å². The first-order valence-electron chi connectivity index (χ1n) is 6.04. The molecule has 1 aromatic heterocycles. The highest BCUT2D eigenvalue weighted by Gasteiger charge is 2.12. The molecular formula is C13H13N3O4S. The summed E-state index contributed by atoms with van der Waals surface area (Å²) in [6.07, 6.45) is -0.659. The molecule has 0 saturated carbocycles. The predicted molar refractivity (Wildman–Crippen MR) is 75.9 cm³/mol. The van der Waals surface area contributed by atoms with Gasteiger partial charge in [-0.05, 0) is 5.56 Å². The second kappa shape index (κ2) is 7.34. The Morgan fingerprint density at radius 2 is 2.05 bits per heavy atom. The van der Waals surface area contributed by atoms with E-state index in [0.717, 1.165) is 17.1 Å². The highest BCUT2D eigenvalue weighted by molar-refractivity contribution is 7.09. The van der Waals surface area contributed by atoms with Crippen LogP contribution < -0.4 is 5.32 Å². The summed E-state index contributed by atoms with van der Waals surface area (Å²) in [5.74, 6) is -0.142. The predicted octanol–water partition coefficient (Wildman–Crippen LogP) is 2.00. The maximum Gasteiger partial charge on any atom is 0.413 e. The molecule has 0 spiro atoms. The van der Waals surface area contributed by atoms with Crippen LogP contribution in [0.15, 0.2) is 30.3 Å². The maximum atomic E-state index is 11.6. The fourth-order valence-electron chi connectivity index (χ4n) is 1.42. The Bertz CT molecular complexity index is 615. The lowest BCUT2D eigenvalue weighted by molar-refractivity contribution is -0.139. The fourth-order valence-corrected chi connectivity index (χ4v) is 2.00. The third-order valence-corrected chi connectivity index (χ3v) is 3.09. The van der Waals surface area contributed by atoms with Gasteiger partial charge in [0.05, 0.1) is 7.11 Å². The molecular weight excluding hydrogens is 294 g/mol. The Balaban J connectivity index is 1.81. The molecule has 21 heavy (non-hydrogen) atoms. The number of amides is 1. The average molecular weight is 307 g/mol. The molecule has 1 heterocycles. The van der Waals surface area contributed by atoms with Crippen LogP contribution >= 0.6 is 11.5 Å². The lowest BCUT2D eigenvalue weighted by Crippen LogP contribution is -2.13. The van der Waals surface area contributed by atoms with Crippen molar-refractivity contribution in [3.63, 3.8) is 0 Å². The molecule has 0 unspecified atom stereocenters. The number of ether oxygens (including phenoxy) is 2. The number of methoxy groups -OCH3 is 1. The molecule has 1 amide bonds. The van der Waals surface area contributed by atoms with Crippen LogP contribution in [0.25, 0.3) is 0 Å². The lowest BCUT2D eigenvalue weighted by Gasteiger charge is -2.04. The highest BCUT2D eigenvalue weighted by Crippen LogP contribution is 2.12. The molecule has 110 valence electrons. The number of nitrogens with one attached hydrogen (secondary N) is 1. The maximum absolute atomic E-state index is 11.6. The highest BCUT2D eigenvalue weighted by atomic mass is 32.1. The van der Waals surface area contributed by atoms with Gasteiger partial charge in [0, 0.05) is 11.5 Å². The van der Waals surface area contributed by atoms with Gasteiger partial charge in [-0.15, -0.1) is 0 Å². The SMILES string of the molecule is COC(=O)Cc1nsc(NC(=O)OCc2ccccc2)n1. The molecule has 0 aliphatic carbocycles. The van der Waals surface area contributed by atoms with Gasteiger partial charge in [-0.3, -0.25) is 10.1 Å². The number of carbonyl (C=O) groups is 2. The molecule has 0 atom stereocenters. The quantitative estimate of drug-likeness (QED) is 0.850. The number of hydrogen-bond acceptors (Lipinski definition) is 7. The van der Waals surface area contributed by atoms with E-state index in [1.54, 1.807) is 0 Å². The van der Waals surface area contributed by atoms with Crippen LogP contribution in [-0.4, -0.2) is 28.5 Å². The molecule has 0 aliphatic heterocycles. The van der Waals surface area contributed by atoms with E-state index in [0.29, 0.717) is 5.82 Å². The van der Waals surface area contributed by atoms with Gasteiger partial charge < -0.3 is 9.47 Å². The van der Waals surface area contributed by atoms with Crippen molar-refractivity contribution in [2.75, 3.05) is 12.4 Å². The third kappa shape index (κ3) is 4.84. The van der Waals surface area contributed by atoms with E-state index in [4.69, 9.17) is 4.74 Å². The minimum Gasteiger partial charge on any atom is -0.469 e. The van der Waals surface area contributed by atoms with Gasteiger partial charge in [0.2, 0.25) is 5.13 Å². The number of esters is 1. The molecule has 1 N–H and O–H groups in total. The van der Waals surface area contributed by atoms with Gasteiger partial charge in [-0.1, -0.05) is 30.3 Å². The summed E-state index contributed by atoms with van der Waals surface area (Å²) in [4.78, 5) is 26.6. The Kier molecular flexibility index (Phi) is 5.22. The monoisotopic (exact) mass is 307 g/mol. The first kappa shape index (κ1) is 14.9. The first-order chi connectivity index (χ1) is 10.2. The van der Waals surface area contributed by atoms with Crippen molar-refractivity contribution in [3.05, 3.63) is 41.7 Å². The number of rotatable bonds is 5. The molecule has 0 fully saturated rings. The summed E-state index contributed by atoms with van der Waals surface area (Å²) >= 11 is 0.971. The zero-order valence-electron chi connectivity index (χ0n) is 11.2. The summed E-state index contributed by atoms with van der Waals surface area (Å²) in [6, 6.07) is 9.31. The van der Waals surface area contributed by atoms with Crippen molar-refractivity contribution in [1.82, 2.24) is 9.36 Å². The largest absolute Gasteiger partial charge is 0.469 e. The van der Waals surface area contributed by atoms with Crippen LogP contribution in [0.1, 0.15) is 11.4 Å². The van der Waals surface area contributed by atoms with Crippen LogP contribution in [0.4, 0.5) is 9.93 Å². The van der Waals surface area contributed by atoms with Crippen LogP contribution in [0.2, 0.25) is 0 Å². The standard InChI is InChI=1S/C13H13N3O4S/c1-19-11(17)7-10-14-12(21-16-10)15-13(18)20-8-9-5-3-2-4-6-9/h2-6H,7-8H2,1H3,(H,14,15,16,18). The first-order valence-corrected chi connectivity index (χ1v) is 6.82. The molecule has 0 aliphatic rings. The van der Waals surface area contributed by atoms with Crippen molar-refractivity contribution in [3.8, 4) is 0 Å². The molecule has 2 aromatic rings. The van der Waals surface area contributed by atoms with Crippen LogP contribution in [-0.2, 0) is 27.3 Å². The Morgan fingerprint density at radius 1 is 1.29 bits per heavy atom. The van der Waals surface area contributed by atoms with Crippen molar-refractivity contribution in [1.29, 1.82) is 0 Å². The van der Waals surface area contributed by atoms with Gasteiger partial charge in [-0.25, -0.2) is 9.78 Å². The minimum atomic E-state index is -0.625. The molecule has 8 heteroatoms. The van der Waals surface area contributed by atoms with Gasteiger partial charge >= 0.3 is 12.1 Å². The number of aromatic nitrogens is 2. The molecule has 0 saturated heterocycles. The molecule has 0 bridgehead atoms. The third-order valence-electron chi connectivity index (χ3n) is 2.42. The van der Waals surface area contributed by atoms with Crippen LogP contribution in [0.3, 0.4) is 0 Å². The summed E-state index contributed by atoms with van der Waals surface area (Å²) in [6.45, 7) is 0.167. The van der Waals surface area contributed by atoms with Crippen molar-refractivity contribution in [2.24, 2.45) is 0 Å². The second-order valence-electron chi connectivity index (χ2n) is 3.96. The number of nitrogens with zero attached hydrogens (tertiary/aromatic N) is 2. The minimum absolute atomic E-state index is 0.0340. The van der Waals surface area contributed by atoms with Crippen molar-refractivity contribution >= 4 is 28.7 Å². The van der Waals surface area contributed by atoms with Crippen LogP contribution in [0.5, 0.6) is 0 Å². The van der Waals surface area contributed by atoms with Crippen molar-refractivity contribution < 1.29 is 19.1 Å². The van der Waals surface area contributed by atoms with Gasteiger partial charge in [0.1, 0.15) is 13.0 Å². The normalized spacial score (nSPS) is 9.95. The molecule has 2 rings (SSSR count). The zero-order chi connectivity index (χ0) is 15.1. The topological polar surface area (TPSA) is 90.4 Å². The van der Waals surface area contributed by atoms with Crippen molar-refractivity contribution in [2.45, 2.75) is 13.0 Å². The van der Waals surface area contributed by atoms with E-state index in [1.807, 2.05) is 30.3 Å². The number of benzene rings is 1. The summed E-state index contributed by atoms with van der Waals surface area (Å²) in [7, 11) is 1.29. The fraction of sp³-hybridized carbons (Fsp3) is 0.231. The van der Waals surface area contributed by atoms with E-state index < -0.39 is 12.1 Å². The van der Waals surface area contributed by atoms with E-state index >= 15 is 0 Å². The number of hydrogen-bond donors (Lipinski definition) is 1. The molecule has 7 nitrogen and oxygen atoms in total. The second-order valence-corrected chi connectivity index (χ2v) is 4.71. The lowest BCUT2D eigenvalue weighted by atomic mass is 10.2. The summed E-state index contributed by atoms with van der Waals surface area (Å²) in [5, 5.41) is 2.73. The van der Waals surface area contributed by atoms with E-state index in [2.05, 4.69) is 19.4 Å². The average Bonchev–Trinajstić information content (AvgIpc) is 2.93. The Morgan fingerprint density at radius 3 is 2.76 bits per heavy atom. The number of carbonyl (C=O) groups excluding carboxylic acids is 2. The number of anilines is 1. The van der Waals surface area contributed by atoms with E-state index in [9.17, 15) is 9.59 Å². The van der Waals surface area contributed by atoms with E-state index in [-0.39, 0.29) is 18.2 Å². The van der Waals surface area contributed by atoms with Gasteiger partial charge in [0.25, 0.3) is 0 Å².